The van der Waals surface area contributed by atoms with Gasteiger partial charge < -0.3 is 29.0 Å². The lowest BCUT2D eigenvalue weighted by atomic mass is 9.82. The first-order valence-corrected chi connectivity index (χ1v) is 16.9. The van der Waals surface area contributed by atoms with Crippen LogP contribution >= 0.6 is 0 Å². The minimum absolute atomic E-state index is 0.0102. The minimum Gasteiger partial charge on any atom is -0.477 e. The van der Waals surface area contributed by atoms with Crippen molar-refractivity contribution in [1.82, 2.24) is 14.7 Å². The van der Waals surface area contributed by atoms with Crippen LogP contribution in [0.3, 0.4) is 0 Å². The molecular formula is C29H45N3O7Si. The molecule has 3 heterocycles. The maximum absolute atomic E-state index is 13.3. The summed E-state index contributed by atoms with van der Waals surface area (Å²) >= 11 is 0. The lowest BCUT2D eigenvalue weighted by molar-refractivity contribution is -0.160. The van der Waals surface area contributed by atoms with Crippen LogP contribution in [0.2, 0.25) is 18.1 Å². The fourth-order valence-electron chi connectivity index (χ4n) is 5.58. The van der Waals surface area contributed by atoms with Crippen LogP contribution in [-0.2, 0) is 23.5 Å². The molecule has 10 nitrogen and oxygen atoms in total. The number of carboxylic acid groups (broad SMARTS) is 1. The van der Waals surface area contributed by atoms with Crippen molar-refractivity contribution < 1.29 is 33.4 Å². The number of amides is 3. The number of ether oxygens (including phenoxy) is 1. The summed E-state index contributed by atoms with van der Waals surface area (Å²) in [4.78, 5) is 55.0. The normalized spacial score (nSPS) is 24.1. The second kappa shape index (κ2) is 11.9. The molecule has 2 fully saturated rings. The molecule has 3 aliphatic heterocycles. The van der Waals surface area contributed by atoms with E-state index >= 15 is 0 Å². The van der Waals surface area contributed by atoms with E-state index in [0.29, 0.717) is 18.5 Å². The number of carbonyl (C=O) groups excluding carboxylic acids is 3. The van der Waals surface area contributed by atoms with Crippen molar-refractivity contribution >= 4 is 32.2 Å². The summed E-state index contributed by atoms with van der Waals surface area (Å²) in [6, 6.07) is -0.485. The number of likely N-dealkylation sites (tertiary alicyclic amines) is 1. The lowest BCUT2D eigenvalue weighted by Gasteiger charge is -2.48. The van der Waals surface area contributed by atoms with Gasteiger partial charge in [0.15, 0.2) is 8.32 Å². The number of hydrogen-bond acceptors (Lipinski definition) is 6. The van der Waals surface area contributed by atoms with Gasteiger partial charge >= 0.3 is 12.1 Å². The average Bonchev–Trinajstić information content (AvgIpc) is 3.44. The molecule has 0 bridgehead atoms. The number of carboxylic acids is 1. The van der Waals surface area contributed by atoms with Crippen molar-refractivity contribution in [3.05, 3.63) is 35.6 Å². The van der Waals surface area contributed by atoms with E-state index in [1.54, 1.807) is 4.90 Å². The van der Waals surface area contributed by atoms with Gasteiger partial charge in [0.25, 0.3) is 0 Å². The predicted octanol–water partition coefficient (Wildman–Crippen LogP) is 4.16. The molecule has 1 N–H and O–H groups in total. The third kappa shape index (κ3) is 6.20. The summed E-state index contributed by atoms with van der Waals surface area (Å²) in [5, 5.41) is 10.1. The number of β-lactam (4-membered cyclic amide) rings is 1. The first kappa shape index (κ1) is 31.6. The Kier molecular flexibility index (Phi) is 9.40. The van der Waals surface area contributed by atoms with Crippen LogP contribution in [0.25, 0.3) is 0 Å². The minimum atomic E-state index is -2.12. The van der Waals surface area contributed by atoms with Crippen LogP contribution in [0, 0.1) is 5.92 Å². The molecule has 0 aromatic rings. The molecule has 0 spiro atoms. The number of aliphatic carboxylic acids is 1. The van der Waals surface area contributed by atoms with E-state index in [1.165, 1.54) is 22.9 Å². The highest BCUT2D eigenvalue weighted by Crippen LogP contribution is 2.48. The van der Waals surface area contributed by atoms with Gasteiger partial charge in [0, 0.05) is 13.6 Å². The van der Waals surface area contributed by atoms with E-state index in [1.807, 2.05) is 19.9 Å². The van der Waals surface area contributed by atoms with Crippen LogP contribution in [0.15, 0.2) is 35.6 Å². The van der Waals surface area contributed by atoms with Crippen molar-refractivity contribution in [3.8, 4) is 0 Å². The van der Waals surface area contributed by atoms with Crippen LogP contribution in [0.1, 0.15) is 53.9 Å². The molecule has 0 aromatic carbocycles. The van der Waals surface area contributed by atoms with Crippen molar-refractivity contribution in [2.45, 2.75) is 90.2 Å². The van der Waals surface area contributed by atoms with Crippen molar-refractivity contribution in [3.63, 3.8) is 0 Å². The standard InChI is InChI=1S/C29H45N3O7Si/c1-10-14-38-28(37)30(7)17-23(33)31-13-11-12-20(31)15-18(2)21-16-22-24(26(34)32(22)25(21)27(35)36)19(3)39-40(8,9)29(4,5)6/h10,15,19-20,22,24H,1,11-14,16-17H2,2-9H3,(H,35,36)/t19-,20+,22-,24-/m1/s1. The van der Waals surface area contributed by atoms with E-state index in [-0.39, 0.29) is 53.9 Å². The number of rotatable bonds is 10. The second-order valence-corrected chi connectivity index (χ2v) is 17.3. The summed E-state index contributed by atoms with van der Waals surface area (Å²) in [5.74, 6) is -1.94. The molecule has 0 radical (unpaired) electrons. The van der Waals surface area contributed by atoms with Gasteiger partial charge in [-0.15, -0.1) is 0 Å². The number of carbonyl (C=O) groups is 4. The maximum atomic E-state index is 13.3. The van der Waals surface area contributed by atoms with Gasteiger partial charge in [-0.2, -0.15) is 0 Å². The van der Waals surface area contributed by atoms with Gasteiger partial charge in [0.2, 0.25) is 11.8 Å². The Morgan fingerprint density at radius 2 is 1.93 bits per heavy atom. The monoisotopic (exact) mass is 575 g/mol. The summed E-state index contributed by atoms with van der Waals surface area (Å²) in [7, 11) is -0.614. The molecule has 2 saturated heterocycles. The zero-order valence-electron chi connectivity index (χ0n) is 25.2. The largest absolute Gasteiger partial charge is 0.477 e. The molecule has 0 unspecified atom stereocenters. The smallest absolute Gasteiger partial charge is 0.410 e. The molecule has 222 valence electrons. The van der Waals surface area contributed by atoms with Crippen molar-refractivity contribution in [2.24, 2.45) is 5.92 Å². The zero-order chi connectivity index (χ0) is 30.2. The van der Waals surface area contributed by atoms with Gasteiger partial charge in [-0.3, -0.25) is 9.59 Å². The second-order valence-electron chi connectivity index (χ2n) is 12.6. The maximum Gasteiger partial charge on any atom is 0.410 e. The predicted molar refractivity (Wildman–Crippen MR) is 154 cm³/mol. The summed E-state index contributed by atoms with van der Waals surface area (Å²) in [5.41, 5.74) is 1.40. The van der Waals surface area contributed by atoms with Gasteiger partial charge in [-0.05, 0) is 62.4 Å². The Morgan fingerprint density at radius 1 is 1.27 bits per heavy atom. The highest BCUT2D eigenvalue weighted by atomic mass is 28.4. The zero-order valence-corrected chi connectivity index (χ0v) is 26.2. The Balaban J connectivity index is 1.76. The number of hydrogen-bond donors (Lipinski definition) is 1. The highest BCUT2D eigenvalue weighted by molar-refractivity contribution is 6.74. The Bertz CT molecular complexity index is 1120. The molecule has 40 heavy (non-hydrogen) atoms. The van der Waals surface area contributed by atoms with Gasteiger partial charge in [-0.25, -0.2) is 9.59 Å². The Labute approximate surface area is 238 Å². The molecular weight excluding hydrogens is 530 g/mol. The molecule has 3 aliphatic rings. The first-order valence-electron chi connectivity index (χ1n) is 14.0. The van der Waals surface area contributed by atoms with Gasteiger partial charge in [-0.1, -0.05) is 39.5 Å². The lowest BCUT2D eigenvalue weighted by Crippen LogP contribution is -2.63. The quantitative estimate of drug-likeness (QED) is 0.236. The van der Waals surface area contributed by atoms with Crippen LogP contribution in [0.5, 0.6) is 0 Å². The molecule has 11 heteroatoms. The van der Waals surface area contributed by atoms with Crippen molar-refractivity contribution in [2.75, 3.05) is 26.7 Å². The summed E-state index contributed by atoms with van der Waals surface area (Å²) < 4.78 is 11.5. The van der Waals surface area contributed by atoms with E-state index in [2.05, 4.69) is 40.4 Å². The van der Waals surface area contributed by atoms with E-state index < -0.39 is 26.3 Å². The fraction of sp³-hybridized carbons (Fsp3) is 0.655. The molecule has 4 atom stereocenters. The number of fused-ring (bicyclic) bond motifs is 1. The fourth-order valence-corrected chi connectivity index (χ4v) is 7.01. The average molecular weight is 576 g/mol. The van der Waals surface area contributed by atoms with E-state index in [4.69, 9.17) is 9.16 Å². The van der Waals surface area contributed by atoms with Crippen LogP contribution in [-0.4, -0.2) is 96.9 Å². The number of nitrogens with zero attached hydrogens (tertiary/aromatic N) is 3. The van der Waals surface area contributed by atoms with Crippen LogP contribution in [0.4, 0.5) is 4.79 Å². The molecule has 0 aromatic heterocycles. The number of allylic oxidation sites excluding steroid dienone is 1. The third-order valence-electron chi connectivity index (χ3n) is 8.75. The van der Waals surface area contributed by atoms with Gasteiger partial charge in [0.1, 0.15) is 18.8 Å². The molecule has 3 rings (SSSR count). The van der Waals surface area contributed by atoms with E-state index in [9.17, 15) is 24.3 Å². The van der Waals surface area contributed by atoms with E-state index in [0.717, 1.165) is 18.4 Å². The molecule has 0 saturated carbocycles. The van der Waals surface area contributed by atoms with Crippen molar-refractivity contribution in [1.29, 1.82) is 0 Å². The first-order chi connectivity index (χ1) is 18.5. The van der Waals surface area contributed by atoms with Crippen LogP contribution < -0.4 is 0 Å². The number of likely N-dealkylation sites (N-methyl/N-ethyl adjacent to an activating group) is 1. The molecule has 0 aliphatic carbocycles. The SMILES string of the molecule is C=CCOC(=O)N(C)CC(=O)N1CCC[C@H]1C=C(C)C1=C(C(=O)O)N2C(=O)[C@H]([C@@H](C)O[Si](C)(C)C(C)(C)C)[C@H]2C1. The Hall–Kier alpha value is -2.92. The summed E-state index contributed by atoms with van der Waals surface area (Å²) in [6.07, 6.45) is 4.44. The third-order valence-corrected chi connectivity index (χ3v) is 13.3. The molecule has 3 amide bonds. The highest BCUT2D eigenvalue weighted by Gasteiger charge is 2.58. The van der Waals surface area contributed by atoms with Gasteiger partial charge in [0.05, 0.1) is 24.1 Å². The topological polar surface area (TPSA) is 117 Å². The Morgan fingerprint density at radius 3 is 2.50 bits per heavy atom. The summed E-state index contributed by atoms with van der Waals surface area (Å²) in [6.45, 7) is 18.5.